The van der Waals surface area contributed by atoms with Gasteiger partial charge in [0, 0.05) is 68.6 Å². The van der Waals surface area contributed by atoms with Crippen molar-refractivity contribution in [3.05, 3.63) is 109 Å². The molecule has 6 aromatic rings. The van der Waals surface area contributed by atoms with Crippen LogP contribution in [0, 0.1) is 17.2 Å². The van der Waals surface area contributed by atoms with Crippen molar-refractivity contribution in [2.45, 2.75) is 31.7 Å². The lowest BCUT2D eigenvalue weighted by atomic mass is 10.0. The number of ether oxygens (including phenoxy) is 2. The van der Waals surface area contributed by atoms with Crippen LogP contribution in [0.5, 0.6) is 17.2 Å². The van der Waals surface area contributed by atoms with E-state index in [0.717, 1.165) is 0 Å². The topological polar surface area (TPSA) is 247 Å². The molecule has 9 rings (SSSR count). The van der Waals surface area contributed by atoms with E-state index in [1.54, 1.807) is 60.8 Å². The average Bonchev–Trinajstić information content (AvgIpc) is 4.17. The number of pyridine rings is 2. The molecule has 0 spiro atoms. The Bertz CT molecular complexity index is 2920. The van der Waals surface area contributed by atoms with Gasteiger partial charge in [-0.05, 0) is 98.1 Å². The van der Waals surface area contributed by atoms with E-state index in [9.17, 15) is 28.4 Å². The van der Waals surface area contributed by atoms with Crippen LogP contribution in [-0.2, 0) is 19.2 Å². The molecule has 5 amide bonds. The van der Waals surface area contributed by atoms with Crippen molar-refractivity contribution in [3.8, 4) is 17.2 Å². The molecule has 3 aromatic carbocycles. The van der Waals surface area contributed by atoms with Crippen molar-refractivity contribution in [2.75, 3.05) is 77.9 Å². The van der Waals surface area contributed by atoms with Gasteiger partial charge in [0.05, 0.1) is 30.2 Å². The molecule has 0 bridgehead atoms. The lowest BCUT2D eigenvalue weighted by molar-refractivity contribution is -0.134. The maximum Gasteiger partial charge on any atom is 0.277 e. The number of imide groups is 1. The van der Waals surface area contributed by atoms with Crippen LogP contribution in [0.3, 0.4) is 0 Å². The number of hydrogen-bond acceptors (Lipinski definition) is 16. The molecule has 354 valence electrons. The second kappa shape index (κ2) is 19.8. The number of nitrogens with zero attached hydrogens (tertiary/aromatic N) is 7. The summed E-state index contributed by atoms with van der Waals surface area (Å²) in [5.74, 6) is -1.66. The van der Waals surface area contributed by atoms with Crippen molar-refractivity contribution < 1.29 is 42.2 Å². The number of piperidine rings is 1. The summed E-state index contributed by atoms with van der Waals surface area (Å²) >= 11 is 0. The van der Waals surface area contributed by atoms with Crippen molar-refractivity contribution in [2.24, 2.45) is 5.41 Å². The van der Waals surface area contributed by atoms with E-state index in [-0.39, 0.29) is 29.8 Å². The number of carbonyl (C=O) groups excluding carboxylic acids is 5. The average molecular weight is 942 g/mol. The Morgan fingerprint density at radius 1 is 0.841 bits per heavy atom. The Kier molecular flexibility index (Phi) is 13.1. The van der Waals surface area contributed by atoms with Gasteiger partial charge in [0.15, 0.2) is 5.69 Å². The molecule has 1 unspecified atom stereocenters. The second-order valence-corrected chi connectivity index (χ2v) is 16.5. The van der Waals surface area contributed by atoms with Crippen molar-refractivity contribution in [1.29, 1.82) is 0 Å². The van der Waals surface area contributed by atoms with Crippen LogP contribution in [0.25, 0.3) is 10.9 Å². The molecule has 1 aliphatic carbocycles. The molecule has 6 N–H and O–H groups in total. The number of benzene rings is 3. The van der Waals surface area contributed by atoms with Gasteiger partial charge in [-0.1, -0.05) is 0 Å². The number of carbonyl (C=O) groups is 5. The largest absolute Gasteiger partial charge is 0.495 e. The number of rotatable bonds is 16. The summed E-state index contributed by atoms with van der Waals surface area (Å²) in [6.07, 6.45) is 4.15. The summed E-state index contributed by atoms with van der Waals surface area (Å²) < 4.78 is 40.2. The maximum atomic E-state index is 15.0. The van der Waals surface area contributed by atoms with Gasteiger partial charge in [0.2, 0.25) is 35.5 Å². The summed E-state index contributed by atoms with van der Waals surface area (Å²) in [6, 6.07) is 19.6. The zero-order chi connectivity index (χ0) is 48.1. The van der Waals surface area contributed by atoms with Crippen LogP contribution in [0.1, 0.15) is 36.2 Å². The smallest absolute Gasteiger partial charge is 0.277 e. The number of methoxy groups -OCH3 is 1. The number of nitrogens with one attached hydrogen (secondary N) is 6. The number of piperazine rings is 1. The number of hydrogen-bond donors (Lipinski definition) is 6. The Morgan fingerprint density at radius 3 is 2.22 bits per heavy atom. The minimum atomic E-state index is -1.21. The minimum Gasteiger partial charge on any atom is -0.495 e. The van der Waals surface area contributed by atoms with Crippen LogP contribution in [0.2, 0.25) is 0 Å². The van der Waals surface area contributed by atoms with Crippen LogP contribution in [0.4, 0.5) is 43.3 Å². The molecule has 3 aromatic heterocycles. The maximum absolute atomic E-state index is 15.0. The van der Waals surface area contributed by atoms with E-state index in [1.165, 1.54) is 37.6 Å². The van der Waals surface area contributed by atoms with Crippen LogP contribution in [0.15, 0.2) is 91.3 Å². The molecular formula is C47H45F2N13O7. The fraction of sp³-hybridized carbons (Fsp3) is 0.277. The molecule has 2 aliphatic heterocycles. The fourth-order valence-electron chi connectivity index (χ4n) is 7.89. The molecule has 1 saturated carbocycles. The molecule has 2 saturated heterocycles. The predicted molar refractivity (Wildman–Crippen MR) is 249 cm³/mol. The first-order chi connectivity index (χ1) is 33.4. The standard InChI is InChI=1S/C47H45F2N13O7/c1-68-38-24-31-33(50-17-14-37(31)69-30-8-6-29(7-9-30)54-45(67)47(15-16-47)44(66)53-28-4-2-27(48)3-5-28)25-34(38)56-43(65)35-26-52-46(60-59-35)51-18-19-61-20-22-62(23-21-61)36-11-12-39(57-41(36)49)55-32-10-13-40(63)58-42(32)64/h2-9,11-12,14,17,24-26,32H,10,13,15-16,18-23H2,1H3,(H,53,66)(H,54,67)(H,55,57)(H,56,65)(H,51,52,60)(H,58,63,64). The highest BCUT2D eigenvalue weighted by atomic mass is 19.1. The fourth-order valence-corrected chi connectivity index (χ4v) is 7.89. The van der Waals surface area contributed by atoms with E-state index >= 15 is 4.39 Å². The van der Waals surface area contributed by atoms with E-state index in [1.807, 2.05) is 4.90 Å². The third kappa shape index (κ3) is 10.6. The van der Waals surface area contributed by atoms with Gasteiger partial charge in [0.25, 0.3) is 5.91 Å². The monoisotopic (exact) mass is 941 g/mol. The van der Waals surface area contributed by atoms with Crippen LogP contribution in [-0.4, -0.2) is 112 Å². The first-order valence-electron chi connectivity index (χ1n) is 22.1. The molecule has 20 nitrogen and oxygen atoms in total. The predicted octanol–water partition coefficient (Wildman–Crippen LogP) is 4.95. The second-order valence-electron chi connectivity index (χ2n) is 16.5. The molecule has 0 radical (unpaired) electrons. The number of amides is 5. The summed E-state index contributed by atoms with van der Waals surface area (Å²) in [7, 11) is 1.46. The van der Waals surface area contributed by atoms with E-state index in [4.69, 9.17) is 9.47 Å². The van der Waals surface area contributed by atoms with Gasteiger partial charge in [-0.25, -0.2) is 14.4 Å². The van der Waals surface area contributed by atoms with Gasteiger partial charge in [-0.15, -0.1) is 10.2 Å². The van der Waals surface area contributed by atoms with E-state index in [2.05, 4.69) is 61.9 Å². The highest BCUT2D eigenvalue weighted by Gasteiger charge is 2.56. The molecule has 3 fully saturated rings. The molecule has 69 heavy (non-hydrogen) atoms. The Balaban J connectivity index is 0.738. The quantitative estimate of drug-likeness (QED) is 0.0427. The molecule has 3 aliphatic rings. The highest BCUT2D eigenvalue weighted by Crippen LogP contribution is 2.47. The summed E-state index contributed by atoms with van der Waals surface area (Å²) in [4.78, 5) is 79.8. The van der Waals surface area contributed by atoms with Gasteiger partial charge in [-0.3, -0.25) is 39.2 Å². The first kappa shape index (κ1) is 45.7. The number of fused-ring (bicyclic) bond motifs is 1. The number of aromatic nitrogens is 5. The van der Waals surface area contributed by atoms with Crippen molar-refractivity contribution in [1.82, 2.24) is 35.4 Å². The van der Waals surface area contributed by atoms with Crippen molar-refractivity contribution in [3.63, 3.8) is 0 Å². The normalized spacial score (nSPS) is 16.5. The summed E-state index contributed by atoms with van der Waals surface area (Å²) in [5.41, 5.74) is 0.793. The molecule has 1 atom stereocenters. The lowest BCUT2D eigenvalue weighted by Gasteiger charge is -2.36. The van der Waals surface area contributed by atoms with Gasteiger partial charge in [-0.2, -0.15) is 4.39 Å². The number of anilines is 6. The van der Waals surface area contributed by atoms with Gasteiger partial charge in [0.1, 0.15) is 40.3 Å². The van der Waals surface area contributed by atoms with Crippen molar-refractivity contribution >= 4 is 75.0 Å². The third-order valence-electron chi connectivity index (χ3n) is 11.9. The third-order valence-corrected chi connectivity index (χ3v) is 11.9. The zero-order valence-electron chi connectivity index (χ0n) is 37.1. The molecule has 5 heterocycles. The lowest BCUT2D eigenvalue weighted by Crippen LogP contribution is -2.48. The summed E-state index contributed by atoms with van der Waals surface area (Å²) in [5, 5.41) is 25.3. The molecule has 22 heteroatoms. The summed E-state index contributed by atoms with van der Waals surface area (Å²) in [6.45, 7) is 3.62. The SMILES string of the molecule is COc1cc2c(Oc3ccc(NC(=O)C4(C(=O)Nc5ccc(F)cc5)CC4)cc3)ccnc2cc1NC(=O)c1cnc(NCCN2CCN(c3ccc(NC4CCC(=O)NC4=O)nc3F)CC2)nn1. The van der Waals surface area contributed by atoms with Crippen LogP contribution < -0.4 is 46.3 Å². The minimum absolute atomic E-state index is 0.0365. The van der Waals surface area contributed by atoms with Gasteiger partial charge < -0.3 is 41.0 Å². The highest BCUT2D eigenvalue weighted by molar-refractivity contribution is 6.17. The Hall–Kier alpha value is -8.40. The van der Waals surface area contributed by atoms with E-state index in [0.29, 0.717) is 109 Å². The number of halogens is 2. The Labute approximate surface area is 392 Å². The first-order valence-corrected chi connectivity index (χ1v) is 22.1. The van der Waals surface area contributed by atoms with E-state index < -0.39 is 46.9 Å². The van der Waals surface area contributed by atoms with Crippen LogP contribution >= 0.6 is 0 Å². The molecular weight excluding hydrogens is 897 g/mol. The zero-order valence-corrected chi connectivity index (χ0v) is 37.1. The Morgan fingerprint density at radius 2 is 1.57 bits per heavy atom. The van der Waals surface area contributed by atoms with Gasteiger partial charge >= 0.3 is 0 Å².